The van der Waals surface area contributed by atoms with Gasteiger partial charge in [-0.25, -0.2) is 4.98 Å². The first-order chi connectivity index (χ1) is 14.2. The molecule has 152 valence electrons. The van der Waals surface area contributed by atoms with Crippen molar-refractivity contribution in [3.05, 3.63) is 66.0 Å². The Morgan fingerprint density at radius 2 is 2.00 bits per heavy atom. The van der Waals surface area contributed by atoms with Crippen LogP contribution in [0.25, 0.3) is 11.4 Å². The number of pyridine rings is 1. The molecule has 1 aromatic carbocycles. The third-order valence-corrected chi connectivity index (χ3v) is 5.80. The molecule has 1 fully saturated rings. The molecule has 1 atom stereocenters. The largest absolute Gasteiger partial charge is 0.352 e. The number of piperidine rings is 1. The number of aromatic nitrogens is 2. The minimum absolute atomic E-state index is 0.0366. The maximum absolute atomic E-state index is 12.6. The van der Waals surface area contributed by atoms with Crippen LogP contribution in [0.2, 0.25) is 0 Å². The molecule has 3 aliphatic heterocycles. The first-order valence-electron chi connectivity index (χ1n) is 10.7. The highest BCUT2D eigenvalue weighted by atomic mass is 16.2. The molecule has 0 saturated carbocycles. The van der Waals surface area contributed by atoms with E-state index in [1.165, 1.54) is 5.56 Å². The lowest BCUT2D eigenvalue weighted by Gasteiger charge is -2.20. The average Bonchev–Trinajstić information content (AvgIpc) is 3.19. The molecule has 2 N–H and O–H groups in total. The van der Waals surface area contributed by atoms with E-state index in [1.54, 1.807) is 0 Å². The van der Waals surface area contributed by atoms with Crippen molar-refractivity contribution in [2.24, 2.45) is 0 Å². The summed E-state index contributed by atoms with van der Waals surface area (Å²) >= 11 is 0. The second-order valence-corrected chi connectivity index (χ2v) is 8.11. The van der Waals surface area contributed by atoms with Crippen LogP contribution < -0.4 is 10.6 Å². The van der Waals surface area contributed by atoms with Gasteiger partial charge in [-0.05, 0) is 69.5 Å². The molecule has 5 heteroatoms. The van der Waals surface area contributed by atoms with Gasteiger partial charge in [0.2, 0.25) is 5.91 Å². The number of aryl methyl sites for hydroxylation is 1. The van der Waals surface area contributed by atoms with Gasteiger partial charge >= 0.3 is 0 Å². The minimum atomic E-state index is 0.0366. The first-order valence-corrected chi connectivity index (χ1v) is 10.7. The van der Waals surface area contributed by atoms with E-state index in [0.29, 0.717) is 12.5 Å². The zero-order valence-corrected chi connectivity index (χ0v) is 17.1. The predicted octanol–water partition coefficient (Wildman–Crippen LogP) is 3.59. The zero-order chi connectivity index (χ0) is 20.1. The van der Waals surface area contributed by atoms with Gasteiger partial charge in [-0.3, -0.25) is 4.79 Å². The molecular formula is C24H30N4O. The Bertz CT molecular complexity index is 898. The van der Waals surface area contributed by atoms with Crippen LogP contribution in [0, 0.1) is 0 Å². The van der Waals surface area contributed by atoms with Gasteiger partial charge in [0.15, 0.2) is 0 Å². The molecule has 1 unspecified atom stereocenters. The van der Waals surface area contributed by atoms with Crippen molar-refractivity contribution in [3.8, 4) is 11.4 Å². The lowest BCUT2D eigenvalue weighted by molar-refractivity contribution is -0.122. The van der Waals surface area contributed by atoms with Crippen molar-refractivity contribution in [2.75, 3.05) is 13.1 Å². The molecule has 1 aromatic rings. The lowest BCUT2D eigenvalue weighted by Crippen LogP contribution is -2.35. The van der Waals surface area contributed by atoms with Crippen molar-refractivity contribution < 1.29 is 4.79 Å². The van der Waals surface area contributed by atoms with Crippen molar-refractivity contribution in [1.82, 2.24) is 20.2 Å². The van der Waals surface area contributed by atoms with Gasteiger partial charge in [-0.1, -0.05) is 30.3 Å². The van der Waals surface area contributed by atoms with Crippen LogP contribution in [-0.4, -0.2) is 34.6 Å². The van der Waals surface area contributed by atoms with Crippen LogP contribution in [0.3, 0.4) is 0 Å². The summed E-state index contributed by atoms with van der Waals surface area (Å²) in [5, 5.41) is 6.55. The lowest BCUT2D eigenvalue weighted by atomic mass is 9.95. The quantitative estimate of drug-likeness (QED) is 0.648. The van der Waals surface area contributed by atoms with Crippen LogP contribution in [0.5, 0.6) is 0 Å². The van der Waals surface area contributed by atoms with Crippen LogP contribution in [0.4, 0.5) is 0 Å². The molecule has 0 aromatic heterocycles. The highest BCUT2D eigenvalue weighted by Gasteiger charge is 2.21. The van der Waals surface area contributed by atoms with E-state index in [9.17, 15) is 4.79 Å². The van der Waals surface area contributed by atoms with E-state index in [1.807, 2.05) is 22.9 Å². The molecule has 3 aliphatic rings. The van der Waals surface area contributed by atoms with Gasteiger partial charge in [0.25, 0.3) is 0 Å². The van der Waals surface area contributed by atoms with Gasteiger partial charge in [-0.15, -0.1) is 0 Å². The topological polar surface area (TPSA) is 59.0 Å². The van der Waals surface area contributed by atoms with E-state index in [2.05, 4.69) is 54.0 Å². The molecule has 4 rings (SSSR count). The van der Waals surface area contributed by atoms with Crippen molar-refractivity contribution in [2.45, 2.75) is 51.1 Å². The second kappa shape index (κ2) is 9.23. The summed E-state index contributed by atoms with van der Waals surface area (Å²) < 4.78 is 1.97. The van der Waals surface area contributed by atoms with Gasteiger partial charge in [-0.2, -0.15) is 0 Å². The van der Waals surface area contributed by atoms with E-state index in [4.69, 9.17) is 4.98 Å². The maximum Gasteiger partial charge on any atom is 0.240 e. The number of amides is 1. The molecule has 0 spiro atoms. The molecule has 1 amide bonds. The Morgan fingerprint density at radius 3 is 2.79 bits per heavy atom. The SMILES string of the molecule is CC(CCc1ccccc1)NC(=O)Cn1cccc2cc(C3CCNCC3)nc1-2. The molecule has 0 bridgehead atoms. The monoisotopic (exact) mass is 390 g/mol. The number of rotatable bonds is 7. The van der Waals surface area contributed by atoms with E-state index in [0.717, 1.165) is 55.9 Å². The van der Waals surface area contributed by atoms with Crippen LogP contribution in [-0.2, 0) is 17.8 Å². The van der Waals surface area contributed by atoms with Gasteiger partial charge in [0.1, 0.15) is 12.4 Å². The normalized spacial score (nSPS) is 16.0. The Hall–Kier alpha value is -2.66. The molecule has 0 aliphatic carbocycles. The number of benzene rings is 1. The first kappa shape index (κ1) is 19.6. The van der Waals surface area contributed by atoms with Crippen LogP contribution in [0.1, 0.15) is 43.4 Å². The third kappa shape index (κ3) is 5.04. The number of carbonyl (C=O) groups is 1. The summed E-state index contributed by atoms with van der Waals surface area (Å²) in [7, 11) is 0. The second-order valence-electron chi connectivity index (χ2n) is 8.11. The average molecular weight is 391 g/mol. The molecule has 29 heavy (non-hydrogen) atoms. The van der Waals surface area contributed by atoms with Crippen molar-refractivity contribution in [1.29, 1.82) is 0 Å². The fourth-order valence-corrected chi connectivity index (χ4v) is 4.15. The number of fused-ring (bicyclic) bond motifs is 1. The Balaban J connectivity index is 1.37. The molecule has 3 heterocycles. The standard InChI is InChI=1S/C24H30N4O/c1-18(9-10-19-6-3-2-4-7-19)26-23(29)17-28-15-5-8-21-16-22(27-24(21)28)20-11-13-25-14-12-20/h2-8,15-16,18,20,25H,9-14,17H2,1H3,(H,26,29). The van der Waals surface area contributed by atoms with E-state index in [-0.39, 0.29) is 11.9 Å². The maximum atomic E-state index is 12.6. The number of hydrogen-bond donors (Lipinski definition) is 2. The summed E-state index contributed by atoms with van der Waals surface area (Å²) in [5.74, 6) is 1.46. The Labute approximate surface area is 172 Å². The van der Waals surface area contributed by atoms with Crippen molar-refractivity contribution in [3.63, 3.8) is 0 Å². The summed E-state index contributed by atoms with van der Waals surface area (Å²) in [5.41, 5.74) is 3.59. The van der Waals surface area contributed by atoms with E-state index < -0.39 is 0 Å². The number of carbonyl (C=O) groups excluding carboxylic acids is 1. The summed E-state index contributed by atoms with van der Waals surface area (Å²) in [4.78, 5) is 17.5. The summed E-state index contributed by atoms with van der Waals surface area (Å²) in [6.45, 7) is 4.48. The van der Waals surface area contributed by atoms with Gasteiger partial charge in [0.05, 0.1) is 0 Å². The fourth-order valence-electron chi connectivity index (χ4n) is 4.15. The van der Waals surface area contributed by atoms with Gasteiger partial charge in [0, 0.05) is 29.4 Å². The third-order valence-electron chi connectivity index (χ3n) is 5.80. The minimum Gasteiger partial charge on any atom is -0.352 e. The van der Waals surface area contributed by atoms with Gasteiger partial charge < -0.3 is 15.2 Å². The summed E-state index contributed by atoms with van der Waals surface area (Å²) in [6, 6.07) is 16.8. The van der Waals surface area contributed by atoms with Crippen molar-refractivity contribution >= 4 is 5.91 Å². The van der Waals surface area contributed by atoms with Crippen LogP contribution in [0.15, 0.2) is 54.7 Å². The molecule has 5 nitrogen and oxygen atoms in total. The Morgan fingerprint density at radius 1 is 1.21 bits per heavy atom. The highest BCUT2D eigenvalue weighted by Crippen LogP contribution is 2.30. The van der Waals surface area contributed by atoms with Crippen LogP contribution >= 0.6 is 0 Å². The number of nitrogens with one attached hydrogen (secondary N) is 2. The number of hydrogen-bond acceptors (Lipinski definition) is 3. The van der Waals surface area contributed by atoms with E-state index >= 15 is 0 Å². The highest BCUT2D eigenvalue weighted by molar-refractivity contribution is 5.77. The molecule has 1 saturated heterocycles. The smallest absolute Gasteiger partial charge is 0.240 e. The number of nitrogens with zero attached hydrogens (tertiary/aromatic N) is 2. The molecular weight excluding hydrogens is 360 g/mol. The zero-order valence-electron chi connectivity index (χ0n) is 17.1. The summed E-state index contributed by atoms with van der Waals surface area (Å²) in [6.07, 6.45) is 6.11. The Kier molecular flexibility index (Phi) is 6.25. The molecule has 0 radical (unpaired) electrons. The predicted molar refractivity (Wildman–Crippen MR) is 116 cm³/mol. The fraction of sp³-hybridized carbons (Fsp3) is 0.417.